The molecule has 2 N–H and O–H groups in total. The van der Waals surface area contributed by atoms with Crippen molar-refractivity contribution in [1.82, 2.24) is 10.5 Å². The first-order valence-electron chi connectivity index (χ1n) is 6.20. The van der Waals surface area contributed by atoms with Crippen molar-refractivity contribution in [2.75, 3.05) is 6.61 Å². The van der Waals surface area contributed by atoms with Gasteiger partial charge in [-0.15, -0.1) is 0 Å². The van der Waals surface area contributed by atoms with Crippen molar-refractivity contribution in [2.24, 2.45) is 0 Å². The third kappa shape index (κ3) is 3.91. The highest BCUT2D eigenvalue weighted by Crippen LogP contribution is 2.10. The number of amides is 1. The molecule has 0 bridgehead atoms. The second-order valence-electron chi connectivity index (χ2n) is 4.27. The summed E-state index contributed by atoms with van der Waals surface area (Å²) in [5.74, 6) is 4.79. The van der Waals surface area contributed by atoms with Crippen LogP contribution in [0.5, 0.6) is 0 Å². The van der Waals surface area contributed by atoms with Gasteiger partial charge in [0.15, 0.2) is 5.69 Å². The van der Waals surface area contributed by atoms with Gasteiger partial charge in [-0.1, -0.05) is 17.0 Å². The Balaban J connectivity index is 2.07. The number of benzene rings is 1. The monoisotopic (exact) mass is 288 g/mol. The van der Waals surface area contributed by atoms with E-state index in [2.05, 4.69) is 22.3 Å². The van der Waals surface area contributed by atoms with Crippen molar-refractivity contribution >= 4 is 5.91 Å². The van der Waals surface area contributed by atoms with E-state index in [1.807, 2.05) is 0 Å². The molecule has 0 aliphatic rings. The molecule has 0 saturated heterocycles. The van der Waals surface area contributed by atoms with Crippen molar-refractivity contribution in [3.63, 3.8) is 0 Å². The summed E-state index contributed by atoms with van der Waals surface area (Å²) in [6, 6.07) is 5.79. The van der Waals surface area contributed by atoms with E-state index >= 15 is 0 Å². The maximum absolute atomic E-state index is 13.7. The number of aliphatic hydroxyl groups excluding tert-OH is 1. The second kappa shape index (κ2) is 6.68. The van der Waals surface area contributed by atoms with Gasteiger partial charge in [0.1, 0.15) is 18.2 Å². The fourth-order valence-corrected chi connectivity index (χ4v) is 1.67. The van der Waals surface area contributed by atoms with Crippen LogP contribution in [0.1, 0.15) is 27.4 Å². The predicted molar refractivity (Wildman–Crippen MR) is 72.8 cm³/mol. The summed E-state index contributed by atoms with van der Waals surface area (Å²) in [6.45, 7) is 1.41. The Morgan fingerprint density at radius 3 is 2.95 bits per heavy atom. The van der Waals surface area contributed by atoms with Crippen LogP contribution in [-0.2, 0) is 6.54 Å². The van der Waals surface area contributed by atoms with E-state index in [-0.39, 0.29) is 18.8 Å². The van der Waals surface area contributed by atoms with Crippen LogP contribution in [0.25, 0.3) is 0 Å². The summed E-state index contributed by atoms with van der Waals surface area (Å²) in [4.78, 5) is 11.8. The van der Waals surface area contributed by atoms with Gasteiger partial charge in [-0.3, -0.25) is 4.79 Å². The second-order valence-corrected chi connectivity index (χ2v) is 4.27. The van der Waals surface area contributed by atoms with E-state index in [0.29, 0.717) is 16.9 Å². The van der Waals surface area contributed by atoms with Crippen LogP contribution in [0.15, 0.2) is 28.8 Å². The molecular weight excluding hydrogens is 275 g/mol. The van der Waals surface area contributed by atoms with Gasteiger partial charge in [0.25, 0.3) is 5.91 Å². The van der Waals surface area contributed by atoms with Crippen molar-refractivity contribution in [2.45, 2.75) is 13.5 Å². The lowest BCUT2D eigenvalue weighted by Crippen LogP contribution is -2.23. The molecule has 5 nitrogen and oxygen atoms in total. The number of nitrogens with zero attached hydrogens (tertiary/aromatic N) is 1. The van der Waals surface area contributed by atoms with Gasteiger partial charge in [-0.05, 0) is 25.1 Å². The highest BCUT2D eigenvalue weighted by atomic mass is 19.1. The lowest BCUT2D eigenvalue weighted by molar-refractivity contribution is 0.0941. The smallest absolute Gasteiger partial charge is 0.273 e. The zero-order valence-electron chi connectivity index (χ0n) is 11.3. The maximum atomic E-state index is 13.7. The molecule has 6 heteroatoms. The first-order valence-corrected chi connectivity index (χ1v) is 6.20. The number of hydrogen-bond acceptors (Lipinski definition) is 4. The molecule has 0 saturated carbocycles. The van der Waals surface area contributed by atoms with Crippen LogP contribution in [0.2, 0.25) is 0 Å². The van der Waals surface area contributed by atoms with Gasteiger partial charge in [-0.2, -0.15) is 0 Å². The third-order valence-electron chi connectivity index (χ3n) is 2.66. The number of aliphatic hydroxyl groups is 1. The molecule has 1 aromatic carbocycles. The number of rotatable bonds is 3. The van der Waals surface area contributed by atoms with Crippen LogP contribution >= 0.6 is 0 Å². The Bertz CT molecular complexity index is 713. The first kappa shape index (κ1) is 14.8. The average molecular weight is 288 g/mol. The van der Waals surface area contributed by atoms with Crippen molar-refractivity contribution in [1.29, 1.82) is 0 Å². The molecule has 2 aromatic rings. The van der Waals surface area contributed by atoms with Crippen molar-refractivity contribution in [3.05, 3.63) is 52.7 Å². The fourth-order valence-electron chi connectivity index (χ4n) is 1.67. The number of aromatic nitrogens is 1. The predicted octanol–water partition coefficient (Wildman–Crippen LogP) is 1.40. The molecule has 0 fully saturated rings. The lowest BCUT2D eigenvalue weighted by Gasteiger charge is -2.05. The van der Waals surface area contributed by atoms with E-state index in [1.165, 1.54) is 24.3 Å². The van der Waals surface area contributed by atoms with Crippen LogP contribution in [0.3, 0.4) is 0 Å². The topological polar surface area (TPSA) is 75.4 Å². The summed E-state index contributed by atoms with van der Waals surface area (Å²) >= 11 is 0. The van der Waals surface area contributed by atoms with E-state index in [1.54, 1.807) is 6.92 Å². The highest BCUT2D eigenvalue weighted by molar-refractivity contribution is 5.92. The molecule has 2 rings (SSSR count). The molecule has 0 aliphatic carbocycles. The number of halogens is 1. The molecule has 1 amide bonds. The Kier molecular flexibility index (Phi) is 4.69. The number of hydrogen-bond donors (Lipinski definition) is 2. The minimum Gasteiger partial charge on any atom is -0.384 e. The number of carbonyl (C=O) groups excluding carboxylic acids is 1. The molecule has 108 valence electrons. The zero-order chi connectivity index (χ0) is 15.2. The summed E-state index contributed by atoms with van der Waals surface area (Å²) in [6.07, 6.45) is 0. The van der Waals surface area contributed by atoms with E-state index in [4.69, 9.17) is 9.63 Å². The standard InChI is InChI=1S/C15H13FN2O3/c1-10-7-14(18-21-10)15(20)17-9-12-8-11(3-2-6-19)4-5-13(12)16/h4-5,7-8,19H,6,9H2,1H3,(H,17,20). The van der Waals surface area contributed by atoms with Gasteiger partial charge in [-0.25, -0.2) is 4.39 Å². The van der Waals surface area contributed by atoms with E-state index in [0.717, 1.165) is 0 Å². The maximum Gasteiger partial charge on any atom is 0.273 e. The fraction of sp³-hybridized carbons (Fsp3) is 0.200. The molecule has 21 heavy (non-hydrogen) atoms. The lowest BCUT2D eigenvalue weighted by atomic mass is 10.1. The molecule has 0 unspecified atom stereocenters. The minimum absolute atomic E-state index is 0.00518. The van der Waals surface area contributed by atoms with Crippen molar-refractivity contribution < 1.29 is 18.8 Å². The zero-order valence-corrected chi connectivity index (χ0v) is 11.3. The highest BCUT2D eigenvalue weighted by Gasteiger charge is 2.11. The summed E-state index contributed by atoms with van der Waals surface area (Å²) in [7, 11) is 0. The summed E-state index contributed by atoms with van der Waals surface area (Å²) < 4.78 is 18.5. The largest absolute Gasteiger partial charge is 0.384 e. The molecule has 0 atom stereocenters. The Hall–Kier alpha value is -2.65. The quantitative estimate of drug-likeness (QED) is 0.837. The van der Waals surface area contributed by atoms with Crippen LogP contribution in [-0.4, -0.2) is 22.8 Å². The summed E-state index contributed by atoms with van der Waals surface area (Å²) in [5, 5.41) is 14.8. The summed E-state index contributed by atoms with van der Waals surface area (Å²) in [5.41, 5.74) is 1.00. The van der Waals surface area contributed by atoms with E-state index in [9.17, 15) is 9.18 Å². The molecule has 1 aromatic heterocycles. The van der Waals surface area contributed by atoms with Crippen LogP contribution < -0.4 is 5.32 Å². The molecular formula is C15H13FN2O3. The van der Waals surface area contributed by atoms with Gasteiger partial charge < -0.3 is 14.9 Å². The van der Waals surface area contributed by atoms with Gasteiger partial charge in [0.2, 0.25) is 0 Å². The minimum atomic E-state index is -0.446. The number of nitrogens with one attached hydrogen (secondary N) is 1. The Morgan fingerprint density at radius 2 is 2.29 bits per heavy atom. The molecule has 0 spiro atoms. The third-order valence-corrected chi connectivity index (χ3v) is 2.66. The van der Waals surface area contributed by atoms with Crippen LogP contribution in [0.4, 0.5) is 4.39 Å². The van der Waals surface area contributed by atoms with Crippen LogP contribution in [0, 0.1) is 24.6 Å². The molecule has 1 heterocycles. The van der Waals surface area contributed by atoms with Gasteiger partial charge in [0.05, 0.1) is 0 Å². The Labute approximate surface area is 120 Å². The first-order chi connectivity index (χ1) is 10.1. The number of carbonyl (C=O) groups is 1. The van der Waals surface area contributed by atoms with E-state index < -0.39 is 11.7 Å². The molecule has 0 radical (unpaired) electrons. The van der Waals surface area contributed by atoms with Crippen molar-refractivity contribution in [3.8, 4) is 11.8 Å². The SMILES string of the molecule is Cc1cc(C(=O)NCc2cc(C#CCO)ccc2F)no1. The molecule has 0 aliphatic heterocycles. The number of aryl methyl sites for hydroxylation is 1. The normalized spacial score (nSPS) is 9.86. The average Bonchev–Trinajstić information content (AvgIpc) is 2.91. The Morgan fingerprint density at radius 1 is 1.48 bits per heavy atom. The van der Waals surface area contributed by atoms with Gasteiger partial charge >= 0.3 is 0 Å². The van der Waals surface area contributed by atoms with Gasteiger partial charge in [0, 0.05) is 23.7 Å².